The molecular formula is C23H30N6O2. The standard InChI is InChI=1S/C23H30N6O2/c1-16-24-8-10-29(16)15-19-11-17(5-6-22(19)31-4)13-28-9-7-18(14-28)20-12-21(26-25-20)23(30)27(2)3/h5-6,8,10-12,18H,7,9,13-15H2,1-4H3,(H,25,26). The molecule has 0 aliphatic carbocycles. The zero-order valence-electron chi connectivity index (χ0n) is 18.6. The van der Waals surface area contributed by atoms with E-state index in [-0.39, 0.29) is 5.91 Å². The number of aromatic nitrogens is 4. The van der Waals surface area contributed by atoms with Crippen molar-refractivity contribution in [1.82, 2.24) is 29.5 Å². The molecule has 2 aromatic heterocycles. The SMILES string of the molecule is COc1ccc(CN2CCC(c3cc(C(=O)N(C)C)n[nH]3)C2)cc1Cn1ccnc1C. The highest BCUT2D eigenvalue weighted by atomic mass is 16.5. The Bertz CT molecular complexity index is 1050. The average Bonchev–Trinajstić information content (AvgIpc) is 3.49. The van der Waals surface area contributed by atoms with Crippen LogP contribution in [0.15, 0.2) is 36.7 Å². The first kappa shape index (κ1) is 21.1. The van der Waals surface area contributed by atoms with Crippen LogP contribution in [0.25, 0.3) is 0 Å². The Morgan fingerprint density at radius 2 is 2.13 bits per heavy atom. The lowest BCUT2D eigenvalue weighted by Gasteiger charge is -2.18. The number of aryl methyl sites for hydroxylation is 1. The Morgan fingerprint density at radius 1 is 1.29 bits per heavy atom. The number of rotatable bonds is 7. The van der Waals surface area contributed by atoms with E-state index in [4.69, 9.17) is 4.74 Å². The van der Waals surface area contributed by atoms with E-state index < -0.39 is 0 Å². The summed E-state index contributed by atoms with van der Waals surface area (Å²) in [7, 11) is 5.19. The van der Waals surface area contributed by atoms with Gasteiger partial charge in [0.25, 0.3) is 5.91 Å². The smallest absolute Gasteiger partial charge is 0.273 e. The van der Waals surface area contributed by atoms with Crippen molar-refractivity contribution in [3.63, 3.8) is 0 Å². The van der Waals surface area contributed by atoms with E-state index in [1.54, 1.807) is 26.1 Å². The first-order valence-corrected chi connectivity index (χ1v) is 10.6. The maximum absolute atomic E-state index is 12.1. The number of likely N-dealkylation sites (tertiary alicyclic amines) is 1. The van der Waals surface area contributed by atoms with Crippen LogP contribution in [-0.4, -0.2) is 69.8 Å². The number of nitrogens with zero attached hydrogens (tertiary/aromatic N) is 5. The van der Waals surface area contributed by atoms with E-state index in [0.29, 0.717) is 11.6 Å². The van der Waals surface area contributed by atoms with Gasteiger partial charge in [-0.1, -0.05) is 6.07 Å². The van der Waals surface area contributed by atoms with Gasteiger partial charge in [-0.3, -0.25) is 14.8 Å². The van der Waals surface area contributed by atoms with Crippen LogP contribution in [-0.2, 0) is 13.1 Å². The molecule has 8 nitrogen and oxygen atoms in total. The van der Waals surface area contributed by atoms with Crippen molar-refractivity contribution < 1.29 is 9.53 Å². The highest BCUT2D eigenvalue weighted by Crippen LogP contribution is 2.29. The molecular weight excluding hydrogens is 392 g/mol. The van der Waals surface area contributed by atoms with E-state index in [0.717, 1.165) is 55.4 Å². The summed E-state index contributed by atoms with van der Waals surface area (Å²) in [6, 6.07) is 8.32. The van der Waals surface area contributed by atoms with Crippen molar-refractivity contribution in [2.24, 2.45) is 0 Å². The quantitative estimate of drug-likeness (QED) is 0.633. The molecule has 1 N–H and O–H groups in total. The van der Waals surface area contributed by atoms with Crippen LogP contribution < -0.4 is 4.74 Å². The summed E-state index contributed by atoms with van der Waals surface area (Å²) < 4.78 is 7.71. The molecule has 4 rings (SSSR count). The molecule has 1 unspecified atom stereocenters. The van der Waals surface area contributed by atoms with Crippen molar-refractivity contribution in [3.8, 4) is 5.75 Å². The zero-order chi connectivity index (χ0) is 22.0. The van der Waals surface area contributed by atoms with Gasteiger partial charge < -0.3 is 14.2 Å². The number of carbonyl (C=O) groups excluding carboxylic acids is 1. The predicted octanol–water partition coefficient (Wildman–Crippen LogP) is 2.66. The van der Waals surface area contributed by atoms with Crippen LogP contribution in [0.3, 0.4) is 0 Å². The van der Waals surface area contributed by atoms with Gasteiger partial charge in [-0.2, -0.15) is 5.10 Å². The zero-order valence-corrected chi connectivity index (χ0v) is 18.6. The van der Waals surface area contributed by atoms with E-state index in [1.165, 1.54) is 5.56 Å². The third-order valence-corrected chi connectivity index (χ3v) is 5.95. The van der Waals surface area contributed by atoms with E-state index in [9.17, 15) is 4.79 Å². The van der Waals surface area contributed by atoms with Gasteiger partial charge in [0.2, 0.25) is 0 Å². The number of ether oxygens (including phenoxy) is 1. The third kappa shape index (κ3) is 4.64. The van der Waals surface area contributed by atoms with Crippen LogP contribution in [0.1, 0.15) is 45.5 Å². The van der Waals surface area contributed by atoms with Crippen molar-refractivity contribution in [1.29, 1.82) is 0 Å². The molecule has 3 heterocycles. The Balaban J connectivity index is 1.42. The molecule has 0 spiro atoms. The van der Waals surface area contributed by atoms with Gasteiger partial charge in [0, 0.05) is 56.8 Å². The Labute approximate surface area is 182 Å². The largest absolute Gasteiger partial charge is 0.496 e. The molecule has 1 fully saturated rings. The van der Waals surface area contributed by atoms with E-state index in [1.807, 2.05) is 25.4 Å². The molecule has 8 heteroatoms. The van der Waals surface area contributed by atoms with Gasteiger partial charge in [-0.25, -0.2) is 4.98 Å². The molecule has 0 saturated carbocycles. The summed E-state index contributed by atoms with van der Waals surface area (Å²) in [6.45, 7) is 5.59. The molecule has 0 radical (unpaired) electrons. The number of hydrogen-bond acceptors (Lipinski definition) is 5. The number of H-pyrrole nitrogens is 1. The minimum Gasteiger partial charge on any atom is -0.496 e. The molecule has 1 aliphatic heterocycles. The van der Waals surface area contributed by atoms with Crippen molar-refractivity contribution in [2.45, 2.75) is 32.4 Å². The molecule has 164 valence electrons. The first-order chi connectivity index (χ1) is 14.9. The summed E-state index contributed by atoms with van der Waals surface area (Å²) >= 11 is 0. The van der Waals surface area contributed by atoms with Gasteiger partial charge >= 0.3 is 0 Å². The minimum absolute atomic E-state index is 0.0729. The third-order valence-electron chi connectivity index (χ3n) is 5.95. The monoisotopic (exact) mass is 422 g/mol. The molecule has 1 atom stereocenters. The van der Waals surface area contributed by atoms with E-state index >= 15 is 0 Å². The number of imidazole rings is 1. The summed E-state index contributed by atoms with van der Waals surface area (Å²) in [5, 5.41) is 7.28. The Kier molecular flexibility index (Phi) is 6.08. The Hall–Kier alpha value is -3.13. The average molecular weight is 423 g/mol. The van der Waals surface area contributed by atoms with Crippen molar-refractivity contribution in [3.05, 3.63) is 65.0 Å². The number of aromatic amines is 1. The van der Waals surface area contributed by atoms with Crippen molar-refractivity contribution in [2.75, 3.05) is 34.3 Å². The lowest BCUT2D eigenvalue weighted by molar-refractivity contribution is 0.0822. The summed E-state index contributed by atoms with van der Waals surface area (Å²) in [4.78, 5) is 20.4. The van der Waals surface area contributed by atoms with E-state index in [2.05, 4.69) is 42.8 Å². The number of hydrogen-bond donors (Lipinski definition) is 1. The lowest BCUT2D eigenvalue weighted by Crippen LogP contribution is -2.22. The van der Waals surface area contributed by atoms with Gasteiger partial charge in [0.15, 0.2) is 0 Å². The van der Waals surface area contributed by atoms with Crippen LogP contribution >= 0.6 is 0 Å². The fourth-order valence-corrected chi connectivity index (χ4v) is 4.18. The summed E-state index contributed by atoms with van der Waals surface area (Å²) in [5.74, 6) is 2.17. The maximum Gasteiger partial charge on any atom is 0.273 e. The number of nitrogens with one attached hydrogen (secondary N) is 1. The van der Waals surface area contributed by atoms with Gasteiger partial charge in [-0.05, 0) is 43.7 Å². The van der Waals surface area contributed by atoms with Crippen molar-refractivity contribution >= 4 is 5.91 Å². The highest BCUT2D eigenvalue weighted by molar-refractivity contribution is 5.92. The van der Waals surface area contributed by atoms with Crippen LogP contribution in [0.2, 0.25) is 0 Å². The molecule has 3 aromatic rings. The lowest BCUT2D eigenvalue weighted by atomic mass is 10.0. The second-order valence-corrected chi connectivity index (χ2v) is 8.38. The fourth-order valence-electron chi connectivity index (χ4n) is 4.18. The van der Waals surface area contributed by atoms with Gasteiger partial charge in [0.05, 0.1) is 13.7 Å². The maximum atomic E-state index is 12.1. The van der Waals surface area contributed by atoms with Gasteiger partial charge in [0.1, 0.15) is 17.3 Å². The molecule has 0 bridgehead atoms. The first-order valence-electron chi connectivity index (χ1n) is 10.6. The molecule has 1 aromatic carbocycles. The second-order valence-electron chi connectivity index (χ2n) is 8.38. The number of benzene rings is 1. The topological polar surface area (TPSA) is 79.3 Å². The van der Waals surface area contributed by atoms with Crippen LogP contribution in [0.5, 0.6) is 5.75 Å². The second kappa shape index (κ2) is 8.93. The minimum atomic E-state index is -0.0729. The predicted molar refractivity (Wildman–Crippen MR) is 118 cm³/mol. The fraction of sp³-hybridized carbons (Fsp3) is 0.435. The van der Waals surface area contributed by atoms with Crippen LogP contribution in [0.4, 0.5) is 0 Å². The summed E-state index contributed by atoms with van der Waals surface area (Å²) in [6.07, 6.45) is 4.87. The molecule has 31 heavy (non-hydrogen) atoms. The highest BCUT2D eigenvalue weighted by Gasteiger charge is 2.26. The van der Waals surface area contributed by atoms with Gasteiger partial charge in [-0.15, -0.1) is 0 Å². The molecule has 1 saturated heterocycles. The number of methoxy groups -OCH3 is 1. The molecule has 1 amide bonds. The normalized spacial score (nSPS) is 16.6. The number of carbonyl (C=O) groups is 1. The summed E-state index contributed by atoms with van der Waals surface area (Å²) in [5.41, 5.74) is 3.94. The molecule has 1 aliphatic rings. The Morgan fingerprint density at radius 3 is 2.84 bits per heavy atom. The van der Waals surface area contributed by atoms with Crippen LogP contribution in [0, 0.1) is 6.92 Å². The number of amides is 1.